The molecule has 2 aromatic carbocycles. The first-order chi connectivity index (χ1) is 9.69. The van der Waals surface area contributed by atoms with Gasteiger partial charge in [0.05, 0.1) is 0 Å². The summed E-state index contributed by atoms with van der Waals surface area (Å²) >= 11 is 0. The third-order valence-corrected chi connectivity index (χ3v) is 2.83. The summed E-state index contributed by atoms with van der Waals surface area (Å²) in [6.07, 6.45) is 6.21. The number of allylic oxidation sites excluding steroid dienone is 2. The van der Waals surface area contributed by atoms with Crippen molar-refractivity contribution < 1.29 is 4.74 Å². The smallest absolute Gasteiger partial charge is 0.134 e. The standard InChI is InChI=1S/C19H20O/c1-4-7-17-8-5-6-9-19(17)20-18-12-10-16(11-13-18)14-15(2)3/h4-14H,1-3H3/b7-4+. The van der Waals surface area contributed by atoms with Gasteiger partial charge in [0.15, 0.2) is 0 Å². The SMILES string of the molecule is C/C=C/c1ccccc1Oc1ccc(C=C(C)C)cc1. The molecule has 0 radical (unpaired) electrons. The van der Waals surface area contributed by atoms with Gasteiger partial charge in [0, 0.05) is 5.56 Å². The fourth-order valence-corrected chi connectivity index (χ4v) is 1.98. The summed E-state index contributed by atoms with van der Waals surface area (Å²) in [5, 5.41) is 0. The Morgan fingerprint density at radius 3 is 2.30 bits per heavy atom. The minimum absolute atomic E-state index is 0.854. The molecule has 0 aliphatic carbocycles. The maximum atomic E-state index is 5.95. The Morgan fingerprint density at radius 2 is 1.65 bits per heavy atom. The number of benzene rings is 2. The number of rotatable bonds is 4. The topological polar surface area (TPSA) is 9.23 Å². The molecule has 0 bridgehead atoms. The normalized spacial score (nSPS) is 10.6. The van der Waals surface area contributed by atoms with Crippen LogP contribution in [0.15, 0.2) is 60.2 Å². The van der Waals surface area contributed by atoms with E-state index in [1.807, 2.05) is 55.5 Å². The van der Waals surface area contributed by atoms with Crippen molar-refractivity contribution in [3.05, 3.63) is 71.3 Å². The van der Waals surface area contributed by atoms with E-state index < -0.39 is 0 Å². The molecule has 0 heterocycles. The highest BCUT2D eigenvalue weighted by Gasteiger charge is 2.01. The second-order valence-corrected chi connectivity index (χ2v) is 4.93. The lowest BCUT2D eigenvalue weighted by Crippen LogP contribution is -1.87. The van der Waals surface area contributed by atoms with Crippen molar-refractivity contribution >= 4 is 12.2 Å². The van der Waals surface area contributed by atoms with Gasteiger partial charge in [-0.2, -0.15) is 0 Å². The van der Waals surface area contributed by atoms with E-state index in [1.54, 1.807) is 0 Å². The van der Waals surface area contributed by atoms with Gasteiger partial charge in [0.2, 0.25) is 0 Å². The molecule has 0 aromatic heterocycles. The van der Waals surface area contributed by atoms with Crippen molar-refractivity contribution in [1.29, 1.82) is 0 Å². The zero-order valence-electron chi connectivity index (χ0n) is 12.3. The Balaban J connectivity index is 2.20. The molecule has 0 saturated heterocycles. The molecule has 0 unspecified atom stereocenters. The summed E-state index contributed by atoms with van der Waals surface area (Å²) in [7, 11) is 0. The zero-order chi connectivity index (χ0) is 14.4. The predicted octanol–water partition coefficient (Wildman–Crippen LogP) is 5.94. The van der Waals surface area contributed by atoms with Crippen LogP contribution >= 0.6 is 0 Å². The van der Waals surface area contributed by atoms with E-state index in [0.29, 0.717) is 0 Å². The van der Waals surface area contributed by atoms with Gasteiger partial charge in [-0.05, 0) is 44.5 Å². The van der Waals surface area contributed by atoms with E-state index in [4.69, 9.17) is 4.74 Å². The molecule has 0 saturated carbocycles. The number of para-hydroxylation sites is 1. The largest absolute Gasteiger partial charge is 0.457 e. The molecule has 0 aliphatic heterocycles. The highest BCUT2D eigenvalue weighted by molar-refractivity contribution is 5.58. The van der Waals surface area contributed by atoms with Gasteiger partial charge in [-0.3, -0.25) is 0 Å². The fraction of sp³-hybridized carbons (Fsp3) is 0.158. The van der Waals surface area contributed by atoms with Crippen LogP contribution in [0.4, 0.5) is 0 Å². The van der Waals surface area contributed by atoms with Gasteiger partial charge >= 0.3 is 0 Å². The third-order valence-electron chi connectivity index (χ3n) is 2.83. The van der Waals surface area contributed by atoms with Gasteiger partial charge in [-0.25, -0.2) is 0 Å². The number of hydrogen-bond donors (Lipinski definition) is 0. The molecule has 1 nitrogen and oxygen atoms in total. The number of hydrogen-bond acceptors (Lipinski definition) is 1. The Kier molecular flexibility index (Phi) is 4.78. The van der Waals surface area contributed by atoms with E-state index in [-0.39, 0.29) is 0 Å². The van der Waals surface area contributed by atoms with Crippen LogP contribution in [0.1, 0.15) is 31.9 Å². The molecule has 102 valence electrons. The van der Waals surface area contributed by atoms with Gasteiger partial charge in [-0.15, -0.1) is 0 Å². The van der Waals surface area contributed by atoms with Crippen molar-refractivity contribution in [3.63, 3.8) is 0 Å². The van der Waals surface area contributed by atoms with E-state index in [1.165, 1.54) is 11.1 Å². The Labute approximate surface area is 121 Å². The van der Waals surface area contributed by atoms with E-state index in [2.05, 4.69) is 32.1 Å². The minimum Gasteiger partial charge on any atom is -0.457 e. The molecule has 0 spiro atoms. The third kappa shape index (κ3) is 3.86. The first-order valence-corrected chi connectivity index (χ1v) is 6.83. The lowest BCUT2D eigenvalue weighted by atomic mass is 10.1. The number of ether oxygens (including phenoxy) is 1. The minimum atomic E-state index is 0.854. The van der Waals surface area contributed by atoms with Crippen LogP contribution in [-0.4, -0.2) is 0 Å². The van der Waals surface area contributed by atoms with E-state index in [9.17, 15) is 0 Å². The summed E-state index contributed by atoms with van der Waals surface area (Å²) in [5.74, 6) is 1.73. The van der Waals surface area contributed by atoms with E-state index >= 15 is 0 Å². The molecule has 0 N–H and O–H groups in total. The molecule has 1 heteroatoms. The molecular formula is C19H20O. The van der Waals surface area contributed by atoms with Crippen LogP contribution in [0, 0.1) is 0 Å². The predicted molar refractivity (Wildman–Crippen MR) is 87.0 cm³/mol. The highest BCUT2D eigenvalue weighted by Crippen LogP contribution is 2.26. The Hall–Kier alpha value is -2.28. The quantitative estimate of drug-likeness (QED) is 0.664. The van der Waals surface area contributed by atoms with Crippen LogP contribution < -0.4 is 4.74 Å². The molecule has 20 heavy (non-hydrogen) atoms. The van der Waals surface area contributed by atoms with Crippen LogP contribution in [0.2, 0.25) is 0 Å². The average Bonchev–Trinajstić information content (AvgIpc) is 2.43. The van der Waals surface area contributed by atoms with Crippen molar-refractivity contribution in [1.82, 2.24) is 0 Å². The molecule has 0 atom stereocenters. The van der Waals surface area contributed by atoms with Gasteiger partial charge in [-0.1, -0.05) is 54.1 Å². The van der Waals surface area contributed by atoms with Crippen molar-refractivity contribution in [2.45, 2.75) is 20.8 Å². The van der Waals surface area contributed by atoms with Crippen LogP contribution in [0.25, 0.3) is 12.2 Å². The molecule has 0 amide bonds. The summed E-state index contributed by atoms with van der Waals surface area (Å²) in [6.45, 7) is 6.19. The lowest BCUT2D eigenvalue weighted by Gasteiger charge is -2.09. The fourth-order valence-electron chi connectivity index (χ4n) is 1.98. The van der Waals surface area contributed by atoms with Crippen LogP contribution in [0.5, 0.6) is 11.5 Å². The molecule has 2 aromatic rings. The molecule has 0 fully saturated rings. The Bertz CT molecular complexity index is 614. The van der Waals surface area contributed by atoms with Crippen molar-refractivity contribution in [3.8, 4) is 11.5 Å². The highest BCUT2D eigenvalue weighted by atomic mass is 16.5. The molecular weight excluding hydrogens is 244 g/mol. The second kappa shape index (κ2) is 6.76. The second-order valence-electron chi connectivity index (χ2n) is 4.93. The molecule has 0 aliphatic rings. The van der Waals surface area contributed by atoms with Gasteiger partial charge in [0.25, 0.3) is 0 Å². The van der Waals surface area contributed by atoms with Gasteiger partial charge in [0.1, 0.15) is 11.5 Å². The lowest BCUT2D eigenvalue weighted by molar-refractivity contribution is 0.481. The van der Waals surface area contributed by atoms with Gasteiger partial charge < -0.3 is 4.74 Å². The average molecular weight is 264 g/mol. The first kappa shape index (κ1) is 14.1. The van der Waals surface area contributed by atoms with Crippen molar-refractivity contribution in [2.24, 2.45) is 0 Å². The van der Waals surface area contributed by atoms with Crippen LogP contribution in [0.3, 0.4) is 0 Å². The Morgan fingerprint density at radius 1 is 0.950 bits per heavy atom. The summed E-state index contributed by atoms with van der Waals surface area (Å²) in [4.78, 5) is 0. The monoisotopic (exact) mass is 264 g/mol. The summed E-state index contributed by atoms with van der Waals surface area (Å²) in [6, 6.07) is 16.2. The molecule has 2 rings (SSSR count). The van der Waals surface area contributed by atoms with E-state index in [0.717, 1.165) is 17.1 Å². The summed E-state index contributed by atoms with van der Waals surface area (Å²) < 4.78 is 5.95. The maximum absolute atomic E-state index is 5.95. The maximum Gasteiger partial charge on any atom is 0.134 e. The summed E-state index contributed by atoms with van der Waals surface area (Å²) in [5.41, 5.74) is 3.57. The van der Waals surface area contributed by atoms with Crippen LogP contribution in [-0.2, 0) is 0 Å². The zero-order valence-corrected chi connectivity index (χ0v) is 12.3. The first-order valence-electron chi connectivity index (χ1n) is 6.83. The van der Waals surface area contributed by atoms with Crippen molar-refractivity contribution in [2.75, 3.05) is 0 Å².